The first-order chi connectivity index (χ1) is 8.60. The van der Waals surface area contributed by atoms with Crippen LogP contribution in [0.4, 0.5) is 0 Å². The average Bonchev–Trinajstić information content (AvgIpc) is 2.73. The SMILES string of the molecule is CCOC(=O)/C(=N\OC)c1occc1OC(C)=O. The Hall–Kier alpha value is -2.31. The normalized spacial score (nSPS) is 10.9. The van der Waals surface area contributed by atoms with E-state index in [1.165, 1.54) is 26.4 Å². The molecule has 0 atom stereocenters. The van der Waals surface area contributed by atoms with E-state index >= 15 is 0 Å². The van der Waals surface area contributed by atoms with Gasteiger partial charge in [0.2, 0.25) is 11.5 Å². The quantitative estimate of drug-likeness (QED) is 0.445. The lowest BCUT2D eigenvalue weighted by Gasteiger charge is -2.04. The third-order valence-corrected chi connectivity index (χ3v) is 1.75. The summed E-state index contributed by atoms with van der Waals surface area (Å²) in [7, 11) is 1.27. The molecule has 7 heteroatoms. The molecule has 0 amide bonds. The minimum Gasteiger partial charge on any atom is -0.461 e. The van der Waals surface area contributed by atoms with E-state index in [0.717, 1.165) is 0 Å². The van der Waals surface area contributed by atoms with Crippen LogP contribution < -0.4 is 4.74 Å². The average molecular weight is 255 g/mol. The Morgan fingerprint density at radius 1 is 1.44 bits per heavy atom. The standard InChI is InChI=1S/C11H13NO6/c1-4-16-11(14)9(12-15-3)10-8(5-6-17-10)18-7(2)13/h5-6H,4H2,1-3H3/b12-9-. The molecule has 0 saturated carbocycles. The predicted molar refractivity (Wildman–Crippen MR) is 60.2 cm³/mol. The first-order valence-electron chi connectivity index (χ1n) is 5.14. The number of hydrogen-bond donors (Lipinski definition) is 0. The van der Waals surface area contributed by atoms with Crippen molar-refractivity contribution in [1.82, 2.24) is 0 Å². The minimum atomic E-state index is -0.734. The van der Waals surface area contributed by atoms with Crippen LogP contribution in [-0.2, 0) is 19.2 Å². The van der Waals surface area contributed by atoms with Gasteiger partial charge in [0.15, 0.2) is 5.75 Å². The van der Waals surface area contributed by atoms with Crippen molar-refractivity contribution in [2.45, 2.75) is 13.8 Å². The second-order valence-corrected chi connectivity index (χ2v) is 3.05. The van der Waals surface area contributed by atoms with Gasteiger partial charge in [-0.2, -0.15) is 0 Å². The molecule has 0 fully saturated rings. The zero-order valence-corrected chi connectivity index (χ0v) is 10.3. The molecule has 1 heterocycles. The molecule has 7 nitrogen and oxygen atoms in total. The number of carbonyl (C=O) groups excluding carboxylic acids is 2. The Labute approximate surface area is 103 Å². The van der Waals surface area contributed by atoms with Gasteiger partial charge >= 0.3 is 11.9 Å². The molecule has 0 spiro atoms. The van der Waals surface area contributed by atoms with Crippen LogP contribution in [0.1, 0.15) is 19.6 Å². The molecule has 0 saturated heterocycles. The van der Waals surface area contributed by atoms with Gasteiger partial charge in [-0.25, -0.2) is 4.79 Å². The van der Waals surface area contributed by atoms with Crippen LogP contribution in [0.2, 0.25) is 0 Å². The predicted octanol–water partition coefficient (Wildman–Crippen LogP) is 1.12. The van der Waals surface area contributed by atoms with E-state index in [9.17, 15) is 9.59 Å². The Balaban J connectivity index is 3.07. The monoisotopic (exact) mass is 255 g/mol. The van der Waals surface area contributed by atoms with Gasteiger partial charge in [0, 0.05) is 13.0 Å². The molecular weight excluding hydrogens is 242 g/mol. The number of esters is 2. The van der Waals surface area contributed by atoms with Crippen molar-refractivity contribution in [2.75, 3.05) is 13.7 Å². The van der Waals surface area contributed by atoms with E-state index in [-0.39, 0.29) is 23.8 Å². The van der Waals surface area contributed by atoms with Gasteiger partial charge in [-0.3, -0.25) is 4.79 Å². The number of oxime groups is 1. The van der Waals surface area contributed by atoms with E-state index in [1.54, 1.807) is 6.92 Å². The number of nitrogens with zero attached hydrogens (tertiary/aromatic N) is 1. The molecule has 0 aromatic carbocycles. The summed E-state index contributed by atoms with van der Waals surface area (Å²) in [6.45, 7) is 3.05. The molecular formula is C11H13NO6. The third kappa shape index (κ3) is 3.34. The zero-order valence-electron chi connectivity index (χ0n) is 10.3. The molecule has 98 valence electrons. The van der Waals surface area contributed by atoms with Gasteiger partial charge in [-0.05, 0) is 6.92 Å². The highest BCUT2D eigenvalue weighted by Gasteiger charge is 2.25. The largest absolute Gasteiger partial charge is 0.461 e. The lowest BCUT2D eigenvalue weighted by Crippen LogP contribution is -2.19. The number of hydrogen-bond acceptors (Lipinski definition) is 7. The van der Waals surface area contributed by atoms with Crippen LogP contribution >= 0.6 is 0 Å². The minimum absolute atomic E-state index is 0.0227. The van der Waals surface area contributed by atoms with Crippen LogP contribution in [0.15, 0.2) is 21.9 Å². The fourth-order valence-electron chi connectivity index (χ4n) is 1.17. The summed E-state index contributed by atoms with van der Waals surface area (Å²) in [6, 6.07) is 1.39. The fourth-order valence-corrected chi connectivity index (χ4v) is 1.17. The molecule has 0 radical (unpaired) electrons. The van der Waals surface area contributed by atoms with Crippen LogP contribution in [0.25, 0.3) is 0 Å². The van der Waals surface area contributed by atoms with Crippen LogP contribution in [0.5, 0.6) is 5.75 Å². The Kier molecular flexibility index (Phi) is 4.91. The van der Waals surface area contributed by atoms with Gasteiger partial charge in [0.25, 0.3) is 0 Å². The second kappa shape index (κ2) is 6.43. The number of carbonyl (C=O) groups is 2. The van der Waals surface area contributed by atoms with Crippen molar-refractivity contribution < 1.29 is 28.3 Å². The lowest BCUT2D eigenvalue weighted by atomic mass is 10.2. The molecule has 0 N–H and O–H groups in total. The zero-order chi connectivity index (χ0) is 13.5. The molecule has 1 aromatic rings. The van der Waals surface area contributed by atoms with E-state index in [0.29, 0.717) is 0 Å². The second-order valence-electron chi connectivity index (χ2n) is 3.05. The lowest BCUT2D eigenvalue weighted by molar-refractivity contribution is -0.135. The Morgan fingerprint density at radius 3 is 2.72 bits per heavy atom. The van der Waals surface area contributed by atoms with Crippen molar-refractivity contribution in [3.63, 3.8) is 0 Å². The molecule has 0 aliphatic heterocycles. The van der Waals surface area contributed by atoms with E-state index in [4.69, 9.17) is 13.9 Å². The van der Waals surface area contributed by atoms with Gasteiger partial charge < -0.3 is 18.7 Å². The summed E-state index contributed by atoms with van der Waals surface area (Å²) >= 11 is 0. The molecule has 1 rings (SSSR count). The fraction of sp³-hybridized carbons (Fsp3) is 0.364. The van der Waals surface area contributed by atoms with Crippen molar-refractivity contribution in [3.05, 3.63) is 18.1 Å². The first-order valence-corrected chi connectivity index (χ1v) is 5.14. The Bertz CT molecular complexity index is 462. The molecule has 18 heavy (non-hydrogen) atoms. The Morgan fingerprint density at radius 2 is 2.17 bits per heavy atom. The summed E-state index contributed by atoms with van der Waals surface area (Å²) in [5.41, 5.74) is -0.208. The first kappa shape index (κ1) is 13.8. The van der Waals surface area contributed by atoms with E-state index in [1.807, 2.05) is 0 Å². The maximum Gasteiger partial charge on any atom is 0.364 e. The summed E-state index contributed by atoms with van der Waals surface area (Å²) < 4.78 is 14.7. The topological polar surface area (TPSA) is 87.3 Å². The van der Waals surface area contributed by atoms with E-state index < -0.39 is 11.9 Å². The van der Waals surface area contributed by atoms with Crippen LogP contribution in [0.3, 0.4) is 0 Å². The van der Waals surface area contributed by atoms with Crippen LogP contribution in [-0.4, -0.2) is 31.4 Å². The highest BCUT2D eigenvalue weighted by Crippen LogP contribution is 2.21. The van der Waals surface area contributed by atoms with Crippen LogP contribution in [0, 0.1) is 0 Å². The molecule has 0 aliphatic carbocycles. The summed E-state index contributed by atoms with van der Waals surface area (Å²) in [5, 5.41) is 3.51. The number of ether oxygens (including phenoxy) is 2. The molecule has 0 unspecified atom stereocenters. The maximum atomic E-state index is 11.6. The summed E-state index contributed by atoms with van der Waals surface area (Å²) in [6.07, 6.45) is 1.26. The molecule has 0 bridgehead atoms. The van der Waals surface area contributed by atoms with Gasteiger partial charge in [0.05, 0.1) is 12.9 Å². The number of rotatable bonds is 5. The third-order valence-electron chi connectivity index (χ3n) is 1.75. The highest BCUT2D eigenvalue weighted by atomic mass is 16.6. The van der Waals surface area contributed by atoms with Crippen molar-refractivity contribution in [2.24, 2.45) is 5.16 Å². The number of furan rings is 1. The summed E-state index contributed by atoms with van der Waals surface area (Å²) in [5.74, 6) is -1.22. The highest BCUT2D eigenvalue weighted by molar-refractivity contribution is 6.43. The molecule has 1 aromatic heterocycles. The smallest absolute Gasteiger partial charge is 0.364 e. The van der Waals surface area contributed by atoms with Crippen molar-refractivity contribution >= 4 is 17.7 Å². The summed E-state index contributed by atoms with van der Waals surface area (Å²) in [4.78, 5) is 27.1. The maximum absolute atomic E-state index is 11.6. The van der Waals surface area contributed by atoms with Gasteiger partial charge in [-0.1, -0.05) is 5.16 Å². The van der Waals surface area contributed by atoms with E-state index in [2.05, 4.69) is 9.99 Å². The van der Waals surface area contributed by atoms with Gasteiger partial charge in [-0.15, -0.1) is 0 Å². The van der Waals surface area contributed by atoms with Crippen molar-refractivity contribution in [1.29, 1.82) is 0 Å². The molecule has 0 aliphatic rings. The van der Waals surface area contributed by atoms with Crippen molar-refractivity contribution in [3.8, 4) is 5.75 Å². The van der Waals surface area contributed by atoms with Gasteiger partial charge in [0.1, 0.15) is 7.11 Å².